The van der Waals surface area contributed by atoms with Crippen molar-refractivity contribution in [3.63, 3.8) is 0 Å². The number of hydrogen-bond acceptors (Lipinski definition) is 6. The highest BCUT2D eigenvalue weighted by Crippen LogP contribution is 2.45. The summed E-state index contributed by atoms with van der Waals surface area (Å²) in [5, 5.41) is 7.83. The monoisotopic (exact) mass is 515 g/mol. The third-order valence-corrected chi connectivity index (χ3v) is 5.68. The van der Waals surface area contributed by atoms with Gasteiger partial charge in [0.2, 0.25) is 6.39 Å². The van der Waals surface area contributed by atoms with E-state index in [1.165, 1.54) is 16.7 Å². The fraction of sp³-hybridized carbons (Fsp3) is 0.200. The van der Waals surface area contributed by atoms with Crippen LogP contribution in [0.3, 0.4) is 0 Å². The molecule has 0 aliphatic rings. The molecule has 5 rings (SSSR count). The Hall–Kier alpha value is -4.35. The maximum atomic E-state index is 14.6. The molecule has 190 valence electrons. The second-order valence-corrected chi connectivity index (χ2v) is 8.11. The lowest BCUT2D eigenvalue weighted by Crippen LogP contribution is -2.34. The molecule has 0 spiro atoms. The van der Waals surface area contributed by atoms with Gasteiger partial charge in [-0.3, -0.25) is 4.40 Å². The van der Waals surface area contributed by atoms with Crippen molar-refractivity contribution in [2.75, 3.05) is 6.61 Å². The normalized spacial score (nSPS) is 12.7. The number of nitrogens with zero attached hydrogens (tertiary/aromatic N) is 5. The van der Waals surface area contributed by atoms with Crippen LogP contribution in [0.2, 0.25) is 0 Å². The van der Waals surface area contributed by atoms with Gasteiger partial charge in [-0.25, -0.2) is 9.97 Å². The Morgan fingerprint density at radius 1 is 1.03 bits per heavy atom. The average molecular weight is 515 g/mol. The van der Waals surface area contributed by atoms with Crippen molar-refractivity contribution in [2.24, 2.45) is 0 Å². The van der Waals surface area contributed by atoms with Crippen LogP contribution in [0, 0.1) is 6.92 Å². The van der Waals surface area contributed by atoms with Gasteiger partial charge < -0.3 is 9.15 Å². The number of aryl methyl sites for hydroxylation is 1. The number of benzene rings is 1. The maximum absolute atomic E-state index is 14.6. The summed E-state index contributed by atoms with van der Waals surface area (Å²) < 4.78 is 81.5. The molecule has 4 heterocycles. The van der Waals surface area contributed by atoms with Crippen molar-refractivity contribution in [1.82, 2.24) is 24.6 Å². The van der Waals surface area contributed by atoms with Crippen LogP contribution in [-0.2, 0) is 10.7 Å². The quantitative estimate of drug-likeness (QED) is 0.188. The molecule has 0 saturated heterocycles. The summed E-state index contributed by atoms with van der Waals surface area (Å²) in [6.45, 7) is 3.93. The van der Waals surface area contributed by atoms with Crippen LogP contribution in [0.5, 0.6) is 0 Å². The summed E-state index contributed by atoms with van der Waals surface area (Å²) >= 11 is 0. The lowest BCUT2D eigenvalue weighted by atomic mass is 9.99. The van der Waals surface area contributed by atoms with Crippen molar-refractivity contribution in [1.29, 1.82) is 0 Å². The van der Waals surface area contributed by atoms with Gasteiger partial charge in [0.05, 0.1) is 18.6 Å². The Labute approximate surface area is 206 Å². The number of rotatable bonds is 6. The SMILES string of the molecule is CCO/C=C/c1c(-c2nnco2)nc2ccc3c(-c4ccc(C)cc4)cc(C(F)(F)C(F)(F)F)nc3n12. The lowest BCUT2D eigenvalue weighted by Gasteiger charge is -2.21. The van der Waals surface area contributed by atoms with E-state index in [-0.39, 0.29) is 34.1 Å². The molecule has 0 unspecified atom stereocenters. The first-order chi connectivity index (χ1) is 17.6. The number of halogens is 5. The highest BCUT2D eigenvalue weighted by molar-refractivity contribution is 5.95. The van der Waals surface area contributed by atoms with E-state index in [1.807, 2.05) is 6.92 Å². The van der Waals surface area contributed by atoms with Crippen LogP contribution in [0.1, 0.15) is 23.9 Å². The highest BCUT2D eigenvalue weighted by Gasteiger charge is 2.60. The smallest absolute Gasteiger partial charge is 0.459 e. The van der Waals surface area contributed by atoms with Gasteiger partial charge in [0.1, 0.15) is 17.0 Å². The molecular formula is C25H18F5N5O2. The summed E-state index contributed by atoms with van der Waals surface area (Å²) in [4.78, 5) is 8.29. The van der Waals surface area contributed by atoms with E-state index in [9.17, 15) is 22.0 Å². The predicted octanol–water partition coefficient (Wildman–Crippen LogP) is 6.57. The van der Waals surface area contributed by atoms with Gasteiger partial charge in [0.15, 0.2) is 5.69 Å². The fourth-order valence-electron chi connectivity index (χ4n) is 3.89. The third kappa shape index (κ3) is 4.17. The van der Waals surface area contributed by atoms with Crippen molar-refractivity contribution < 1.29 is 31.1 Å². The van der Waals surface area contributed by atoms with Gasteiger partial charge in [-0.1, -0.05) is 29.8 Å². The van der Waals surface area contributed by atoms with Crippen LogP contribution in [0.4, 0.5) is 22.0 Å². The van der Waals surface area contributed by atoms with Crippen molar-refractivity contribution >= 4 is 22.8 Å². The van der Waals surface area contributed by atoms with E-state index in [4.69, 9.17) is 9.15 Å². The molecule has 0 amide bonds. The van der Waals surface area contributed by atoms with Gasteiger partial charge in [0, 0.05) is 5.39 Å². The van der Waals surface area contributed by atoms with E-state index >= 15 is 0 Å². The third-order valence-electron chi connectivity index (χ3n) is 5.68. The fourth-order valence-corrected chi connectivity index (χ4v) is 3.89. The summed E-state index contributed by atoms with van der Waals surface area (Å²) in [5.74, 6) is -5.19. The molecule has 37 heavy (non-hydrogen) atoms. The first-order valence-electron chi connectivity index (χ1n) is 11.0. The first-order valence-corrected chi connectivity index (χ1v) is 11.0. The minimum absolute atomic E-state index is 0.0172. The van der Waals surface area contributed by atoms with Crippen LogP contribution < -0.4 is 0 Å². The van der Waals surface area contributed by atoms with Gasteiger partial charge >= 0.3 is 12.1 Å². The molecule has 0 aliphatic heterocycles. The lowest BCUT2D eigenvalue weighted by molar-refractivity contribution is -0.290. The van der Waals surface area contributed by atoms with Gasteiger partial charge in [-0.15, -0.1) is 10.2 Å². The van der Waals surface area contributed by atoms with Crippen molar-refractivity contribution in [3.05, 3.63) is 72.1 Å². The molecule has 7 nitrogen and oxygen atoms in total. The minimum Gasteiger partial charge on any atom is -0.501 e. The van der Waals surface area contributed by atoms with Gasteiger partial charge in [-0.2, -0.15) is 22.0 Å². The van der Waals surface area contributed by atoms with Crippen LogP contribution in [0.25, 0.3) is 45.5 Å². The Balaban J connectivity index is 1.91. The van der Waals surface area contributed by atoms with Gasteiger partial charge in [-0.05, 0) is 49.2 Å². The number of pyridine rings is 2. The molecule has 0 atom stereocenters. The summed E-state index contributed by atoms with van der Waals surface area (Å²) in [5.41, 5.74) is 0.519. The zero-order chi connectivity index (χ0) is 26.4. The molecule has 0 bridgehead atoms. The number of hydrogen-bond donors (Lipinski definition) is 0. The van der Waals surface area contributed by atoms with E-state index in [0.29, 0.717) is 17.6 Å². The molecule has 0 fully saturated rings. The maximum Gasteiger partial charge on any atom is 0.459 e. The number of ether oxygens (including phenoxy) is 1. The second kappa shape index (κ2) is 8.95. The molecule has 12 heteroatoms. The number of fused-ring (bicyclic) bond motifs is 3. The highest BCUT2D eigenvalue weighted by atomic mass is 19.4. The van der Waals surface area contributed by atoms with Crippen molar-refractivity contribution in [3.8, 4) is 22.7 Å². The van der Waals surface area contributed by atoms with Gasteiger partial charge in [0.25, 0.3) is 5.89 Å². The average Bonchev–Trinajstić information content (AvgIpc) is 3.51. The Kier molecular flexibility index (Phi) is 5.89. The standard InChI is InChI=1S/C25H18F5N5O2/c1-3-36-11-10-18-21(23-34-31-13-37-23)33-20-9-8-16-17(15-6-4-14(2)5-7-15)12-19(32-22(16)35(18)20)24(26,27)25(28,29)30/h4-13H,3H2,1-2H3/b11-10+. The van der Waals surface area contributed by atoms with Crippen LogP contribution in [0.15, 0.2) is 59.5 Å². The molecule has 0 radical (unpaired) electrons. The minimum atomic E-state index is -5.85. The molecular weight excluding hydrogens is 497 g/mol. The van der Waals surface area contributed by atoms with E-state index < -0.39 is 17.8 Å². The number of imidazole rings is 1. The largest absolute Gasteiger partial charge is 0.501 e. The van der Waals surface area contributed by atoms with E-state index in [0.717, 1.165) is 18.0 Å². The number of alkyl halides is 5. The van der Waals surface area contributed by atoms with Crippen molar-refractivity contribution in [2.45, 2.75) is 25.9 Å². The zero-order valence-electron chi connectivity index (χ0n) is 19.4. The Bertz CT molecular complexity index is 1610. The second-order valence-electron chi connectivity index (χ2n) is 8.11. The topological polar surface area (TPSA) is 78.3 Å². The first kappa shape index (κ1) is 24.3. The Morgan fingerprint density at radius 3 is 2.43 bits per heavy atom. The molecule has 0 saturated carbocycles. The van der Waals surface area contributed by atoms with E-state index in [2.05, 4.69) is 20.2 Å². The molecule has 5 aromatic rings. The molecule has 0 N–H and O–H groups in total. The predicted molar refractivity (Wildman–Crippen MR) is 125 cm³/mol. The Morgan fingerprint density at radius 2 is 1.78 bits per heavy atom. The summed E-state index contributed by atoms with van der Waals surface area (Å²) in [6, 6.07) is 10.7. The molecule has 0 aliphatic carbocycles. The molecule has 1 aromatic carbocycles. The summed E-state index contributed by atoms with van der Waals surface area (Å²) in [7, 11) is 0. The zero-order valence-corrected chi connectivity index (χ0v) is 19.4. The van der Waals surface area contributed by atoms with Crippen LogP contribution in [-0.4, -0.2) is 37.3 Å². The number of aromatic nitrogens is 5. The van der Waals surface area contributed by atoms with Crippen LogP contribution >= 0.6 is 0 Å². The summed E-state index contributed by atoms with van der Waals surface area (Å²) in [6.07, 6.45) is -1.95. The molecule has 4 aromatic heterocycles. The van der Waals surface area contributed by atoms with E-state index in [1.54, 1.807) is 43.3 Å².